The first-order chi connectivity index (χ1) is 7.90. The minimum absolute atomic E-state index is 0.848. The fourth-order valence-corrected chi connectivity index (χ4v) is 3.19. The number of rotatable bonds is 7. The van der Waals surface area contributed by atoms with E-state index in [0.29, 0.717) is 0 Å². The Morgan fingerprint density at radius 2 is 1.81 bits per heavy atom. The summed E-state index contributed by atoms with van der Waals surface area (Å²) >= 11 is 0. The van der Waals surface area contributed by atoms with Gasteiger partial charge < -0.3 is 5.32 Å². The molecule has 0 amide bonds. The van der Waals surface area contributed by atoms with Gasteiger partial charge in [0.25, 0.3) is 0 Å². The molecule has 1 N–H and O–H groups in total. The minimum atomic E-state index is 0.848. The van der Waals surface area contributed by atoms with Crippen molar-refractivity contribution in [2.24, 2.45) is 11.8 Å². The van der Waals surface area contributed by atoms with E-state index < -0.39 is 0 Å². The number of nitrogens with one attached hydrogen (secondary N) is 1. The van der Waals surface area contributed by atoms with Gasteiger partial charge in [-0.3, -0.25) is 0 Å². The van der Waals surface area contributed by atoms with E-state index in [1.54, 1.807) is 0 Å². The third-order valence-electron chi connectivity index (χ3n) is 4.46. The molecule has 0 aromatic rings. The highest BCUT2D eigenvalue weighted by Gasteiger charge is 2.26. The van der Waals surface area contributed by atoms with E-state index in [0.717, 1.165) is 17.9 Å². The highest BCUT2D eigenvalue weighted by Crippen LogP contribution is 2.36. The molecule has 16 heavy (non-hydrogen) atoms. The predicted octanol–water partition coefficient (Wildman–Crippen LogP) is 4.13. The smallest absolute Gasteiger partial charge is 0.00954 e. The zero-order chi connectivity index (χ0) is 11.2. The maximum atomic E-state index is 3.82. The number of hydrogen-bond acceptors (Lipinski definition) is 1. The highest BCUT2D eigenvalue weighted by atomic mass is 14.9. The van der Waals surface area contributed by atoms with Gasteiger partial charge in [0.1, 0.15) is 0 Å². The van der Waals surface area contributed by atoms with Gasteiger partial charge in [-0.05, 0) is 50.5 Å². The van der Waals surface area contributed by atoms with E-state index in [1.807, 2.05) is 0 Å². The Morgan fingerprint density at radius 3 is 2.44 bits per heavy atom. The van der Waals surface area contributed by atoms with Gasteiger partial charge in [0.05, 0.1) is 0 Å². The Labute approximate surface area is 101 Å². The van der Waals surface area contributed by atoms with E-state index in [9.17, 15) is 0 Å². The van der Waals surface area contributed by atoms with Crippen LogP contribution >= 0.6 is 0 Å². The molecule has 1 unspecified atom stereocenters. The predicted molar refractivity (Wildman–Crippen MR) is 70.6 cm³/mol. The molecule has 1 nitrogen and oxygen atoms in total. The molecule has 2 aliphatic rings. The molecule has 0 spiro atoms. The Hall–Kier alpha value is -0.0400. The van der Waals surface area contributed by atoms with E-state index in [1.165, 1.54) is 70.8 Å². The van der Waals surface area contributed by atoms with Crippen molar-refractivity contribution in [3.8, 4) is 0 Å². The van der Waals surface area contributed by atoms with Crippen LogP contribution in [0.25, 0.3) is 0 Å². The molecule has 0 aromatic carbocycles. The second kappa shape index (κ2) is 6.64. The Morgan fingerprint density at radius 1 is 1.06 bits per heavy atom. The van der Waals surface area contributed by atoms with E-state index >= 15 is 0 Å². The third kappa shape index (κ3) is 4.08. The molecule has 1 heteroatoms. The third-order valence-corrected chi connectivity index (χ3v) is 4.46. The molecule has 2 saturated carbocycles. The topological polar surface area (TPSA) is 12.0 Å². The molecule has 0 bridgehead atoms. The van der Waals surface area contributed by atoms with Crippen molar-refractivity contribution in [1.82, 2.24) is 5.32 Å². The van der Waals surface area contributed by atoms with Crippen molar-refractivity contribution in [3.63, 3.8) is 0 Å². The van der Waals surface area contributed by atoms with Crippen molar-refractivity contribution in [2.75, 3.05) is 6.54 Å². The fourth-order valence-electron chi connectivity index (χ4n) is 3.19. The average molecular weight is 223 g/mol. The van der Waals surface area contributed by atoms with Crippen LogP contribution in [0.2, 0.25) is 0 Å². The van der Waals surface area contributed by atoms with Crippen LogP contribution in [0.5, 0.6) is 0 Å². The first kappa shape index (κ1) is 12.4. The maximum Gasteiger partial charge on any atom is 0.00954 e. The monoisotopic (exact) mass is 223 g/mol. The van der Waals surface area contributed by atoms with Crippen LogP contribution in [0.1, 0.15) is 71.1 Å². The highest BCUT2D eigenvalue weighted by molar-refractivity contribution is 4.82. The fraction of sp³-hybridized carbons (Fsp3) is 1.00. The van der Waals surface area contributed by atoms with Gasteiger partial charge in [-0.15, -0.1) is 0 Å². The van der Waals surface area contributed by atoms with Crippen molar-refractivity contribution < 1.29 is 0 Å². The second-order valence-electron chi connectivity index (χ2n) is 5.98. The normalized spacial score (nSPS) is 24.6. The molecule has 0 radical (unpaired) electrons. The molecule has 94 valence electrons. The van der Waals surface area contributed by atoms with Crippen LogP contribution in [-0.4, -0.2) is 12.6 Å². The minimum Gasteiger partial charge on any atom is -0.314 e. The van der Waals surface area contributed by atoms with Gasteiger partial charge in [0, 0.05) is 6.04 Å². The molecule has 2 fully saturated rings. The average Bonchev–Trinajstić information content (AvgIpc) is 3.14. The lowest BCUT2D eigenvalue weighted by atomic mass is 9.82. The van der Waals surface area contributed by atoms with Crippen LogP contribution in [0, 0.1) is 11.8 Å². The molecule has 0 saturated heterocycles. The lowest BCUT2D eigenvalue weighted by Gasteiger charge is -2.31. The summed E-state index contributed by atoms with van der Waals surface area (Å²) in [6.07, 6.45) is 14.7. The van der Waals surface area contributed by atoms with Crippen molar-refractivity contribution in [2.45, 2.75) is 77.2 Å². The van der Waals surface area contributed by atoms with E-state index in [4.69, 9.17) is 0 Å². The van der Waals surface area contributed by atoms with Crippen molar-refractivity contribution in [1.29, 1.82) is 0 Å². The molecule has 2 rings (SSSR count). The molecule has 0 aliphatic heterocycles. The second-order valence-corrected chi connectivity index (χ2v) is 5.98. The van der Waals surface area contributed by atoms with Crippen LogP contribution < -0.4 is 5.32 Å². The quantitative estimate of drug-likeness (QED) is 0.684. The number of hydrogen-bond donors (Lipinski definition) is 1. The van der Waals surface area contributed by atoms with Gasteiger partial charge in [0.2, 0.25) is 0 Å². The Bertz CT molecular complexity index is 180. The van der Waals surface area contributed by atoms with Crippen LogP contribution in [0.3, 0.4) is 0 Å². The van der Waals surface area contributed by atoms with Gasteiger partial charge in [-0.2, -0.15) is 0 Å². The summed E-state index contributed by atoms with van der Waals surface area (Å²) in [6.45, 7) is 3.51. The molecule has 0 aromatic heterocycles. The standard InChI is InChI=1S/C15H29N/c1-2-12-16-15(11-10-13-8-9-13)14-6-4-3-5-7-14/h13-16H,2-12H2,1H3. The maximum absolute atomic E-state index is 3.82. The van der Waals surface area contributed by atoms with Gasteiger partial charge in [0.15, 0.2) is 0 Å². The summed E-state index contributed by atoms with van der Waals surface area (Å²) < 4.78 is 0. The van der Waals surface area contributed by atoms with Crippen LogP contribution in [0.15, 0.2) is 0 Å². The summed E-state index contributed by atoms with van der Waals surface area (Å²) in [5.41, 5.74) is 0. The van der Waals surface area contributed by atoms with Crippen LogP contribution in [0.4, 0.5) is 0 Å². The Kier molecular flexibility index (Phi) is 5.15. The molecule has 1 atom stereocenters. The molecular weight excluding hydrogens is 194 g/mol. The molecule has 2 aliphatic carbocycles. The summed E-state index contributed by atoms with van der Waals surface area (Å²) in [6, 6.07) is 0.848. The Balaban J connectivity index is 1.73. The summed E-state index contributed by atoms with van der Waals surface area (Å²) in [7, 11) is 0. The van der Waals surface area contributed by atoms with Gasteiger partial charge in [-0.1, -0.05) is 39.0 Å². The first-order valence-electron chi connectivity index (χ1n) is 7.63. The van der Waals surface area contributed by atoms with Crippen molar-refractivity contribution >= 4 is 0 Å². The van der Waals surface area contributed by atoms with E-state index in [2.05, 4.69) is 12.2 Å². The molecule has 0 heterocycles. The van der Waals surface area contributed by atoms with E-state index in [-0.39, 0.29) is 0 Å². The summed E-state index contributed by atoms with van der Waals surface area (Å²) in [5.74, 6) is 2.11. The molecular formula is C15H29N. The van der Waals surface area contributed by atoms with Gasteiger partial charge in [-0.25, -0.2) is 0 Å². The largest absolute Gasteiger partial charge is 0.314 e. The van der Waals surface area contributed by atoms with Crippen LogP contribution in [-0.2, 0) is 0 Å². The zero-order valence-electron chi connectivity index (χ0n) is 11.0. The van der Waals surface area contributed by atoms with Crippen molar-refractivity contribution in [3.05, 3.63) is 0 Å². The zero-order valence-corrected chi connectivity index (χ0v) is 11.0. The SMILES string of the molecule is CCCNC(CCC1CC1)C1CCCCC1. The lowest BCUT2D eigenvalue weighted by Crippen LogP contribution is -2.37. The van der Waals surface area contributed by atoms with Gasteiger partial charge >= 0.3 is 0 Å². The summed E-state index contributed by atoms with van der Waals surface area (Å²) in [5, 5.41) is 3.82. The first-order valence-corrected chi connectivity index (χ1v) is 7.63. The summed E-state index contributed by atoms with van der Waals surface area (Å²) in [4.78, 5) is 0. The lowest BCUT2D eigenvalue weighted by molar-refractivity contribution is 0.253.